The Kier molecular flexibility index (Phi) is 7.42. The van der Waals surface area contributed by atoms with Crippen molar-refractivity contribution in [3.63, 3.8) is 0 Å². The second-order valence-electron chi connectivity index (χ2n) is 6.70. The molecule has 144 valence electrons. The number of carbonyl (C=O) groups is 1. The van der Waals surface area contributed by atoms with Crippen LogP contribution in [0.1, 0.15) is 40.9 Å². The Bertz CT molecular complexity index is 833. The number of amides is 1. The first-order valence-corrected chi connectivity index (χ1v) is 9.26. The highest BCUT2D eigenvalue weighted by Crippen LogP contribution is 2.20. The fraction of sp³-hybridized carbons (Fsp3) is 0.476. The fourth-order valence-electron chi connectivity index (χ4n) is 3.24. The zero-order valence-electron chi connectivity index (χ0n) is 16.6. The predicted molar refractivity (Wildman–Crippen MR) is 105 cm³/mol. The molecule has 6 nitrogen and oxygen atoms in total. The van der Waals surface area contributed by atoms with Gasteiger partial charge in [0.05, 0.1) is 31.8 Å². The first-order valence-electron chi connectivity index (χ1n) is 9.26. The average Bonchev–Trinajstić information content (AvgIpc) is 2.91. The minimum atomic E-state index is 0.0326. The van der Waals surface area contributed by atoms with Gasteiger partial charge < -0.3 is 10.1 Å². The summed E-state index contributed by atoms with van der Waals surface area (Å²) < 4.78 is 7.23. The molecular formula is C21H28N4O2. The zero-order valence-corrected chi connectivity index (χ0v) is 16.6. The van der Waals surface area contributed by atoms with Gasteiger partial charge in [0.2, 0.25) is 5.91 Å². The van der Waals surface area contributed by atoms with Crippen LogP contribution in [0.3, 0.4) is 0 Å². The van der Waals surface area contributed by atoms with Gasteiger partial charge in [-0.2, -0.15) is 10.4 Å². The molecule has 0 aliphatic rings. The largest absolute Gasteiger partial charge is 0.496 e. The number of aromatic nitrogens is 2. The van der Waals surface area contributed by atoms with Gasteiger partial charge in [0.1, 0.15) is 5.75 Å². The van der Waals surface area contributed by atoms with Crippen LogP contribution in [0.25, 0.3) is 0 Å². The van der Waals surface area contributed by atoms with Gasteiger partial charge in [0.25, 0.3) is 0 Å². The topological polar surface area (TPSA) is 79.9 Å². The van der Waals surface area contributed by atoms with Gasteiger partial charge in [-0.05, 0) is 50.8 Å². The number of methoxy groups -OCH3 is 1. The average molecular weight is 368 g/mol. The quantitative estimate of drug-likeness (QED) is 0.738. The van der Waals surface area contributed by atoms with Crippen LogP contribution in [-0.2, 0) is 24.2 Å². The minimum Gasteiger partial charge on any atom is -0.496 e. The summed E-state index contributed by atoms with van der Waals surface area (Å²) in [6.45, 7) is 7.16. The maximum atomic E-state index is 12.2. The van der Waals surface area contributed by atoms with E-state index in [1.807, 2.05) is 37.6 Å². The van der Waals surface area contributed by atoms with E-state index in [0.717, 1.165) is 34.7 Å². The molecule has 2 aromatic rings. The molecule has 1 aromatic heterocycles. The minimum absolute atomic E-state index is 0.0326. The lowest BCUT2D eigenvalue weighted by molar-refractivity contribution is -0.121. The van der Waals surface area contributed by atoms with Crippen LogP contribution in [0.5, 0.6) is 5.75 Å². The van der Waals surface area contributed by atoms with Crippen molar-refractivity contribution < 1.29 is 9.53 Å². The number of benzene rings is 1. The number of carbonyl (C=O) groups excluding carboxylic acids is 1. The molecule has 0 aliphatic heterocycles. The third-order valence-electron chi connectivity index (χ3n) is 4.72. The molecule has 0 atom stereocenters. The maximum Gasteiger partial charge on any atom is 0.220 e. The van der Waals surface area contributed by atoms with Crippen molar-refractivity contribution in [2.45, 2.75) is 53.0 Å². The molecule has 0 bridgehead atoms. The summed E-state index contributed by atoms with van der Waals surface area (Å²) in [4.78, 5) is 12.2. The second kappa shape index (κ2) is 9.77. The molecular weight excluding hydrogens is 340 g/mol. The molecule has 0 fully saturated rings. The van der Waals surface area contributed by atoms with Gasteiger partial charge in [-0.15, -0.1) is 0 Å². The normalized spacial score (nSPS) is 10.5. The van der Waals surface area contributed by atoms with Crippen molar-refractivity contribution in [3.05, 3.63) is 46.3 Å². The Morgan fingerprint density at radius 1 is 1.30 bits per heavy atom. The van der Waals surface area contributed by atoms with E-state index in [0.29, 0.717) is 32.4 Å². The van der Waals surface area contributed by atoms with Crippen LogP contribution in [-0.4, -0.2) is 29.3 Å². The number of aryl methyl sites for hydroxylation is 3. The van der Waals surface area contributed by atoms with Crippen LogP contribution in [0.15, 0.2) is 18.2 Å². The Labute approximate surface area is 161 Å². The molecule has 0 saturated carbocycles. The molecule has 0 aliphatic carbocycles. The third kappa shape index (κ3) is 5.58. The first kappa shape index (κ1) is 20.5. The Balaban J connectivity index is 1.84. The molecule has 2 rings (SSSR count). The molecule has 1 aromatic carbocycles. The lowest BCUT2D eigenvalue weighted by Gasteiger charge is -2.10. The van der Waals surface area contributed by atoms with E-state index < -0.39 is 0 Å². The lowest BCUT2D eigenvalue weighted by atomic mass is 10.1. The van der Waals surface area contributed by atoms with Gasteiger partial charge in [-0.3, -0.25) is 9.48 Å². The van der Waals surface area contributed by atoms with Gasteiger partial charge in [-0.25, -0.2) is 0 Å². The molecule has 0 saturated heterocycles. The van der Waals surface area contributed by atoms with Crippen molar-refractivity contribution in [1.82, 2.24) is 15.1 Å². The summed E-state index contributed by atoms with van der Waals surface area (Å²) in [5.41, 5.74) is 5.35. The molecule has 1 heterocycles. The van der Waals surface area contributed by atoms with E-state index in [2.05, 4.69) is 22.6 Å². The van der Waals surface area contributed by atoms with E-state index >= 15 is 0 Å². The molecule has 27 heavy (non-hydrogen) atoms. The monoisotopic (exact) mass is 368 g/mol. The van der Waals surface area contributed by atoms with Gasteiger partial charge in [-0.1, -0.05) is 17.7 Å². The SMILES string of the molecule is COc1ccc(C)cc1CCNC(=O)CCc1c(C)nn(CCC#N)c1C. The Morgan fingerprint density at radius 2 is 2.07 bits per heavy atom. The molecule has 0 unspecified atom stereocenters. The van der Waals surface area contributed by atoms with Gasteiger partial charge in [0.15, 0.2) is 0 Å². The van der Waals surface area contributed by atoms with Crippen molar-refractivity contribution in [2.75, 3.05) is 13.7 Å². The highest BCUT2D eigenvalue weighted by molar-refractivity contribution is 5.76. The van der Waals surface area contributed by atoms with Gasteiger partial charge in [0, 0.05) is 18.7 Å². The standard InChI is InChI=1S/C21H28N4O2/c1-15-6-8-20(27-4)18(14-15)10-12-23-21(26)9-7-19-16(2)24-25(17(19)3)13-5-11-22/h6,8,14H,5,7,9-10,12-13H2,1-4H3,(H,23,26). The smallest absolute Gasteiger partial charge is 0.220 e. The number of nitrogens with one attached hydrogen (secondary N) is 1. The highest BCUT2D eigenvalue weighted by atomic mass is 16.5. The number of nitrogens with zero attached hydrogens (tertiary/aromatic N) is 3. The van der Waals surface area contributed by atoms with Crippen LogP contribution in [0.4, 0.5) is 0 Å². The van der Waals surface area contributed by atoms with Crippen molar-refractivity contribution in [2.24, 2.45) is 0 Å². The second-order valence-corrected chi connectivity index (χ2v) is 6.70. The van der Waals surface area contributed by atoms with Crippen LogP contribution < -0.4 is 10.1 Å². The fourth-order valence-corrected chi connectivity index (χ4v) is 3.24. The highest BCUT2D eigenvalue weighted by Gasteiger charge is 2.13. The van der Waals surface area contributed by atoms with Crippen LogP contribution >= 0.6 is 0 Å². The summed E-state index contributed by atoms with van der Waals surface area (Å²) in [6.07, 6.45) is 2.26. The number of nitriles is 1. The zero-order chi connectivity index (χ0) is 19.8. The Morgan fingerprint density at radius 3 is 2.78 bits per heavy atom. The summed E-state index contributed by atoms with van der Waals surface area (Å²) in [5.74, 6) is 0.885. The maximum absolute atomic E-state index is 12.2. The molecule has 0 spiro atoms. The summed E-state index contributed by atoms with van der Waals surface area (Å²) >= 11 is 0. The van der Waals surface area contributed by atoms with Gasteiger partial charge >= 0.3 is 0 Å². The van der Waals surface area contributed by atoms with Crippen molar-refractivity contribution >= 4 is 5.91 Å². The predicted octanol–water partition coefficient (Wildman–Crippen LogP) is 3.02. The van der Waals surface area contributed by atoms with E-state index in [1.54, 1.807) is 7.11 Å². The molecule has 1 amide bonds. The molecule has 1 N–H and O–H groups in total. The first-order chi connectivity index (χ1) is 13.0. The molecule has 6 heteroatoms. The van der Waals surface area contributed by atoms with E-state index in [-0.39, 0.29) is 5.91 Å². The van der Waals surface area contributed by atoms with Crippen molar-refractivity contribution in [1.29, 1.82) is 5.26 Å². The van der Waals surface area contributed by atoms with E-state index in [4.69, 9.17) is 10.00 Å². The van der Waals surface area contributed by atoms with Crippen LogP contribution in [0.2, 0.25) is 0 Å². The summed E-state index contributed by atoms with van der Waals surface area (Å²) in [5, 5.41) is 16.2. The summed E-state index contributed by atoms with van der Waals surface area (Å²) in [7, 11) is 1.66. The number of ether oxygens (including phenoxy) is 1. The van der Waals surface area contributed by atoms with Crippen molar-refractivity contribution in [3.8, 4) is 11.8 Å². The van der Waals surface area contributed by atoms with E-state index in [1.165, 1.54) is 5.56 Å². The molecule has 0 radical (unpaired) electrons. The van der Waals surface area contributed by atoms with E-state index in [9.17, 15) is 4.79 Å². The lowest BCUT2D eigenvalue weighted by Crippen LogP contribution is -2.26. The summed E-state index contributed by atoms with van der Waals surface area (Å²) in [6, 6.07) is 8.20. The Hall–Kier alpha value is -2.81. The third-order valence-corrected chi connectivity index (χ3v) is 4.72. The number of hydrogen-bond donors (Lipinski definition) is 1. The van der Waals surface area contributed by atoms with Crippen LogP contribution in [0, 0.1) is 32.1 Å². The number of hydrogen-bond acceptors (Lipinski definition) is 4. The number of rotatable bonds is 9.